The lowest BCUT2D eigenvalue weighted by molar-refractivity contribution is -0.226. The van der Waals surface area contributed by atoms with E-state index in [-0.39, 0.29) is 0 Å². The number of carbonyl (C=O) groups excluding carboxylic acids is 4. The molecule has 1 aromatic rings. The van der Waals surface area contributed by atoms with Crippen molar-refractivity contribution in [1.82, 2.24) is 0 Å². The average Bonchev–Trinajstić information content (AvgIpc) is 3.32. The Kier molecular flexibility index (Phi) is 4.42. The van der Waals surface area contributed by atoms with Crippen LogP contribution >= 0.6 is 0 Å². The van der Waals surface area contributed by atoms with Crippen molar-refractivity contribution in [2.45, 2.75) is 31.8 Å². The molecule has 0 N–H and O–H groups in total. The number of ether oxygens (including phenoxy) is 4. The van der Waals surface area contributed by atoms with Gasteiger partial charge in [0, 0.05) is 19.9 Å². The maximum Gasteiger partial charge on any atom is 0.305 e. The number of benzene rings is 1. The molecule has 29 heavy (non-hydrogen) atoms. The summed E-state index contributed by atoms with van der Waals surface area (Å²) in [7, 11) is 1.48. The Morgan fingerprint density at radius 2 is 1.83 bits per heavy atom. The molecule has 0 spiro atoms. The molecule has 0 aliphatic carbocycles. The predicted molar refractivity (Wildman–Crippen MR) is 96.5 cm³/mol. The fourth-order valence-electron chi connectivity index (χ4n) is 4.22. The normalized spacial score (nSPS) is 29.4. The van der Waals surface area contributed by atoms with Crippen LogP contribution < -0.4 is 9.64 Å². The van der Waals surface area contributed by atoms with E-state index in [1.54, 1.807) is 30.3 Å². The summed E-state index contributed by atoms with van der Waals surface area (Å²) < 4.78 is 21.4. The van der Waals surface area contributed by atoms with Crippen LogP contribution in [0.5, 0.6) is 5.75 Å². The van der Waals surface area contributed by atoms with Crippen LogP contribution in [0.15, 0.2) is 36.4 Å². The fourth-order valence-corrected chi connectivity index (χ4v) is 4.22. The summed E-state index contributed by atoms with van der Waals surface area (Å²) in [6.45, 7) is 2.31. The lowest BCUT2D eigenvalue weighted by Crippen LogP contribution is -2.52. The number of esters is 2. The molecule has 2 amide bonds. The van der Waals surface area contributed by atoms with Crippen LogP contribution in [0.1, 0.15) is 13.8 Å². The second-order valence-corrected chi connectivity index (χ2v) is 7.06. The Hall–Kier alpha value is -3.20. The zero-order valence-corrected chi connectivity index (χ0v) is 16.0. The van der Waals surface area contributed by atoms with Crippen molar-refractivity contribution in [2.24, 2.45) is 11.8 Å². The van der Waals surface area contributed by atoms with Gasteiger partial charge < -0.3 is 18.9 Å². The molecule has 0 radical (unpaired) electrons. The van der Waals surface area contributed by atoms with E-state index in [0.29, 0.717) is 11.4 Å². The first kappa shape index (κ1) is 19.1. The third-order valence-corrected chi connectivity index (χ3v) is 5.30. The number of carbonyl (C=O) groups is 4. The van der Waals surface area contributed by atoms with Gasteiger partial charge in [0.15, 0.2) is 5.60 Å². The van der Waals surface area contributed by atoms with E-state index in [2.05, 4.69) is 0 Å². The molecule has 0 saturated carbocycles. The number of amides is 2. The van der Waals surface area contributed by atoms with E-state index in [1.165, 1.54) is 13.2 Å². The standard InChI is InChI=1S/C20H19NO8/c1-10(22)27-19(28-11(2)23)20-8-7-14(29-20)15-16(20)18(25)21(17(15)24)12-5-4-6-13(9-12)26-3/h4-9,14-16,19H,1-3H3/t14-,15+,16+,20-/m1/s1. The molecule has 4 atom stereocenters. The first-order valence-corrected chi connectivity index (χ1v) is 9.02. The summed E-state index contributed by atoms with van der Waals surface area (Å²) in [5, 5.41) is 0. The Balaban J connectivity index is 1.74. The first-order chi connectivity index (χ1) is 13.8. The molecule has 2 saturated heterocycles. The van der Waals surface area contributed by atoms with Gasteiger partial charge in [0.1, 0.15) is 5.75 Å². The first-order valence-electron chi connectivity index (χ1n) is 9.02. The number of methoxy groups -OCH3 is 1. The highest BCUT2D eigenvalue weighted by Gasteiger charge is 2.72. The molecule has 9 nitrogen and oxygen atoms in total. The fraction of sp³-hybridized carbons (Fsp3) is 0.400. The Bertz CT molecular complexity index is 924. The van der Waals surface area contributed by atoms with Crippen LogP contribution in [0.2, 0.25) is 0 Å². The van der Waals surface area contributed by atoms with Gasteiger partial charge in [-0.05, 0) is 18.2 Å². The third kappa shape index (κ3) is 2.80. The van der Waals surface area contributed by atoms with E-state index >= 15 is 0 Å². The Labute approximate surface area is 166 Å². The third-order valence-electron chi connectivity index (χ3n) is 5.30. The largest absolute Gasteiger partial charge is 0.497 e. The SMILES string of the molecule is COc1cccc(N2C(=O)[C@@H]3[C@@H](C2=O)[C@@]2(C(OC(C)=O)OC(C)=O)C=C[C@H]3O2)c1. The van der Waals surface area contributed by atoms with Crippen molar-refractivity contribution in [3.63, 3.8) is 0 Å². The number of rotatable bonds is 5. The summed E-state index contributed by atoms with van der Waals surface area (Å²) in [5.74, 6) is -3.71. The van der Waals surface area contributed by atoms with E-state index in [1.807, 2.05) is 0 Å². The molecule has 9 heteroatoms. The summed E-state index contributed by atoms with van der Waals surface area (Å²) in [4.78, 5) is 50.7. The van der Waals surface area contributed by atoms with Crippen LogP contribution in [-0.4, -0.2) is 48.9 Å². The molecular formula is C20H19NO8. The lowest BCUT2D eigenvalue weighted by atomic mass is 9.76. The van der Waals surface area contributed by atoms with E-state index in [9.17, 15) is 19.2 Å². The molecule has 0 unspecified atom stereocenters. The van der Waals surface area contributed by atoms with Gasteiger partial charge in [-0.15, -0.1) is 0 Å². The van der Waals surface area contributed by atoms with Crippen LogP contribution in [0.3, 0.4) is 0 Å². The van der Waals surface area contributed by atoms with E-state index in [4.69, 9.17) is 18.9 Å². The molecule has 3 aliphatic rings. The Morgan fingerprint density at radius 1 is 1.14 bits per heavy atom. The number of hydrogen-bond donors (Lipinski definition) is 0. The van der Waals surface area contributed by atoms with Gasteiger partial charge in [0.05, 0.1) is 30.7 Å². The summed E-state index contributed by atoms with van der Waals surface area (Å²) in [6, 6.07) is 6.57. The maximum atomic E-state index is 13.3. The van der Waals surface area contributed by atoms with Crippen molar-refractivity contribution >= 4 is 29.4 Å². The monoisotopic (exact) mass is 401 g/mol. The topological polar surface area (TPSA) is 108 Å². The molecule has 2 bridgehead atoms. The van der Waals surface area contributed by atoms with Gasteiger partial charge >= 0.3 is 11.9 Å². The van der Waals surface area contributed by atoms with Crippen molar-refractivity contribution in [3.8, 4) is 5.75 Å². The minimum Gasteiger partial charge on any atom is -0.497 e. The number of hydrogen-bond acceptors (Lipinski definition) is 8. The second kappa shape index (κ2) is 6.70. The summed E-state index contributed by atoms with van der Waals surface area (Å²) in [6.07, 6.45) is 0.980. The number of anilines is 1. The molecule has 3 aliphatic heterocycles. The minimum absolute atomic E-state index is 0.361. The van der Waals surface area contributed by atoms with Crippen molar-refractivity contribution < 1.29 is 38.1 Å². The lowest BCUT2D eigenvalue weighted by Gasteiger charge is -2.34. The molecule has 152 valence electrons. The molecule has 3 heterocycles. The molecular weight excluding hydrogens is 382 g/mol. The zero-order valence-electron chi connectivity index (χ0n) is 16.0. The van der Waals surface area contributed by atoms with Crippen LogP contribution in [0.25, 0.3) is 0 Å². The highest BCUT2D eigenvalue weighted by atomic mass is 16.7. The predicted octanol–water partition coefficient (Wildman–Crippen LogP) is 0.960. The highest BCUT2D eigenvalue weighted by molar-refractivity contribution is 6.23. The molecule has 0 aromatic heterocycles. The van der Waals surface area contributed by atoms with Gasteiger partial charge in [-0.2, -0.15) is 0 Å². The van der Waals surface area contributed by atoms with Crippen molar-refractivity contribution in [2.75, 3.05) is 12.0 Å². The summed E-state index contributed by atoms with van der Waals surface area (Å²) in [5.41, 5.74) is -1.20. The van der Waals surface area contributed by atoms with Gasteiger partial charge in [-0.3, -0.25) is 19.2 Å². The zero-order chi connectivity index (χ0) is 20.9. The van der Waals surface area contributed by atoms with Gasteiger partial charge in [-0.25, -0.2) is 4.90 Å². The average molecular weight is 401 g/mol. The molecule has 1 aromatic carbocycles. The van der Waals surface area contributed by atoms with Crippen LogP contribution in [0, 0.1) is 11.8 Å². The van der Waals surface area contributed by atoms with Crippen molar-refractivity contribution in [3.05, 3.63) is 36.4 Å². The minimum atomic E-state index is -1.56. The molecule has 4 rings (SSSR count). The second-order valence-electron chi connectivity index (χ2n) is 7.06. The van der Waals surface area contributed by atoms with Crippen LogP contribution in [-0.2, 0) is 33.4 Å². The number of nitrogens with zero attached hydrogens (tertiary/aromatic N) is 1. The van der Waals surface area contributed by atoms with Gasteiger partial charge in [0.25, 0.3) is 6.29 Å². The summed E-state index contributed by atoms with van der Waals surface area (Å²) >= 11 is 0. The Morgan fingerprint density at radius 3 is 2.45 bits per heavy atom. The quantitative estimate of drug-likeness (QED) is 0.311. The van der Waals surface area contributed by atoms with Crippen molar-refractivity contribution in [1.29, 1.82) is 0 Å². The molecule has 2 fully saturated rings. The highest BCUT2D eigenvalue weighted by Crippen LogP contribution is 2.54. The number of fused-ring (bicyclic) bond motifs is 5. The van der Waals surface area contributed by atoms with Gasteiger partial charge in [-0.1, -0.05) is 12.1 Å². The maximum absolute atomic E-state index is 13.3. The van der Waals surface area contributed by atoms with Gasteiger partial charge in [0.2, 0.25) is 11.8 Å². The van der Waals surface area contributed by atoms with Crippen LogP contribution in [0.4, 0.5) is 5.69 Å². The smallest absolute Gasteiger partial charge is 0.305 e. The van der Waals surface area contributed by atoms with E-state index in [0.717, 1.165) is 18.7 Å². The van der Waals surface area contributed by atoms with E-state index < -0.39 is 53.6 Å². The number of imide groups is 1.